The van der Waals surface area contributed by atoms with Crippen molar-refractivity contribution in [2.75, 3.05) is 33.9 Å². The highest BCUT2D eigenvalue weighted by atomic mass is 16.5. The Bertz CT molecular complexity index is 1230. The third-order valence-corrected chi connectivity index (χ3v) is 5.56. The Labute approximate surface area is 195 Å². The number of carbonyl (C=O) groups excluding carboxylic acids is 1. The zero-order valence-corrected chi connectivity index (χ0v) is 19.4. The molecule has 0 amide bonds. The molecule has 4 rings (SSSR count). The van der Waals surface area contributed by atoms with E-state index in [2.05, 4.69) is 11.0 Å². The summed E-state index contributed by atoms with van der Waals surface area (Å²) < 4.78 is 11.4. The SMILES string of the molecule is CCOc1ccc(-c2ccc3ccccc3c2C(=O)c2ccc(OCCN(C)C)cc2)cc1. The monoisotopic (exact) mass is 439 g/mol. The molecule has 0 aliphatic heterocycles. The standard InChI is InChI=1S/C29H29NO3/c1-4-32-24-14-9-22(10-15-24)27-18-13-21-7-5-6-8-26(21)28(27)29(31)23-11-16-25(17-12-23)33-20-19-30(2)3/h5-18H,4,19-20H2,1-3H3. The largest absolute Gasteiger partial charge is 0.494 e. The van der Waals surface area contributed by atoms with Crippen molar-refractivity contribution < 1.29 is 14.3 Å². The molecule has 0 spiro atoms. The van der Waals surface area contributed by atoms with Gasteiger partial charge in [0.05, 0.1) is 6.61 Å². The highest BCUT2D eigenvalue weighted by Crippen LogP contribution is 2.33. The summed E-state index contributed by atoms with van der Waals surface area (Å²) in [7, 11) is 4.02. The maximum absolute atomic E-state index is 13.8. The lowest BCUT2D eigenvalue weighted by molar-refractivity contribution is 0.104. The lowest BCUT2D eigenvalue weighted by Crippen LogP contribution is -2.19. The van der Waals surface area contributed by atoms with Gasteiger partial charge in [-0.25, -0.2) is 0 Å². The Morgan fingerprint density at radius 2 is 1.45 bits per heavy atom. The van der Waals surface area contributed by atoms with Gasteiger partial charge in [-0.15, -0.1) is 0 Å². The topological polar surface area (TPSA) is 38.8 Å². The molecule has 0 aliphatic rings. The second kappa shape index (κ2) is 10.3. The normalized spacial score (nSPS) is 11.0. The number of fused-ring (bicyclic) bond motifs is 1. The van der Waals surface area contributed by atoms with Crippen LogP contribution in [0.5, 0.6) is 11.5 Å². The van der Waals surface area contributed by atoms with E-state index >= 15 is 0 Å². The van der Waals surface area contributed by atoms with E-state index in [0.717, 1.165) is 39.9 Å². The summed E-state index contributed by atoms with van der Waals surface area (Å²) in [5, 5.41) is 1.99. The van der Waals surface area contributed by atoms with Gasteiger partial charge < -0.3 is 14.4 Å². The van der Waals surface area contributed by atoms with Gasteiger partial charge in [0.1, 0.15) is 18.1 Å². The fourth-order valence-electron chi connectivity index (χ4n) is 3.85. The van der Waals surface area contributed by atoms with Crippen molar-refractivity contribution in [3.63, 3.8) is 0 Å². The Kier molecular flexibility index (Phi) is 7.06. The van der Waals surface area contributed by atoms with Gasteiger partial charge in [-0.3, -0.25) is 4.79 Å². The fourth-order valence-corrected chi connectivity index (χ4v) is 3.85. The first-order valence-corrected chi connectivity index (χ1v) is 11.2. The average molecular weight is 440 g/mol. The highest BCUT2D eigenvalue weighted by molar-refractivity contribution is 6.20. The molecule has 0 radical (unpaired) electrons. The summed E-state index contributed by atoms with van der Waals surface area (Å²) >= 11 is 0. The summed E-state index contributed by atoms with van der Waals surface area (Å²) in [6, 6.07) is 27.4. The first kappa shape index (κ1) is 22.6. The molecular formula is C29H29NO3. The second-order valence-electron chi connectivity index (χ2n) is 8.17. The molecule has 0 heterocycles. The molecule has 168 valence electrons. The van der Waals surface area contributed by atoms with Gasteiger partial charge in [0.2, 0.25) is 0 Å². The minimum Gasteiger partial charge on any atom is -0.494 e. The third kappa shape index (κ3) is 5.24. The van der Waals surface area contributed by atoms with Crippen molar-refractivity contribution in [2.45, 2.75) is 6.92 Å². The van der Waals surface area contributed by atoms with Crippen molar-refractivity contribution in [1.29, 1.82) is 0 Å². The van der Waals surface area contributed by atoms with Crippen LogP contribution >= 0.6 is 0 Å². The van der Waals surface area contributed by atoms with Crippen LogP contribution in [0.3, 0.4) is 0 Å². The molecule has 0 atom stereocenters. The van der Waals surface area contributed by atoms with Gasteiger partial charge in [-0.2, -0.15) is 0 Å². The molecule has 0 bridgehead atoms. The lowest BCUT2D eigenvalue weighted by atomic mass is 9.89. The van der Waals surface area contributed by atoms with Crippen LogP contribution in [0.15, 0.2) is 84.9 Å². The van der Waals surface area contributed by atoms with E-state index in [0.29, 0.717) is 24.3 Å². The van der Waals surface area contributed by atoms with E-state index < -0.39 is 0 Å². The van der Waals surface area contributed by atoms with E-state index in [9.17, 15) is 4.79 Å². The summed E-state index contributed by atoms with van der Waals surface area (Å²) in [6.07, 6.45) is 0. The van der Waals surface area contributed by atoms with Crippen LogP contribution in [0.25, 0.3) is 21.9 Å². The number of nitrogens with zero attached hydrogens (tertiary/aromatic N) is 1. The van der Waals surface area contributed by atoms with Crippen molar-refractivity contribution >= 4 is 16.6 Å². The zero-order chi connectivity index (χ0) is 23.2. The van der Waals surface area contributed by atoms with Gasteiger partial charge in [0.25, 0.3) is 0 Å². The van der Waals surface area contributed by atoms with Crippen LogP contribution < -0.4 is 9.47 Å². The first-order chi connectivity index (χ1) is 16.1. The maximum atomic E-state index is 13.8. The second-order valence-corrected chi connectivity index (χ2v) is 8.17. The average Bonchev–Trinajstić information content (AvgIpc) is 2.84. The predicted octanol–water partition coefficient (Wildman–Crippen LogP) is 6.08. The highest BCUT2D eigenvalue weighted by Gasteiger charge is 2.18. The molecule has 0 fully saturated rings. The third-order valence-electron chi connectivity index (χ3n) is 5.56. The smallest absolute Gasteiger partial charge is 0.194 e. The molecule has 4 aromatic rings. The Balaban J connectivity index is 1.71. The molecule has 0 N–H and O–H groups in total. The van der Waals surface area contributed by atoms with Gasteiger partial charge in [-0.05, 0) is 79.3 Å². The van der Waals surface area contributed by atoms with E-state index in [1.165, 1.54) is 0 Å². The Morgan fingerprint density at radius 1 is 0.788 bits per heavy atom. The fraction of sp³-hybridized carbons (Fsp3) is 0.207. The maximum Gasteiger partial charge on any atom is 0.194 e. The van der Waals surface area contributed by atoms with Gasteiger partial charge >= 0.3 is 0 Å². The van der Waals surface area contributed by atoms with E-state index in [-0.39, 0.29) is 5.78 Å². The van der Waals surface area contributed by atoms with Gasteiger partial charge in [0.15, 0.2) is 5.78 Å². The molecule has 4 nitrogen and oxygen atoms in total. The van der Waals surface area contributed by atoms with Crippen LogP contribution in [0, 0.1) is 0 Å². The summed E-state index contributed by atoms with van der Waals surface area (Å²) in [4.78, 5) is 15.8. The van der Waals surface area contributed by atoms with Crippen LogP contribution in [0.1, 0.15) is 22.8 Å². The number of hydrogen-bond acceptors (Lipinski definition) is 4. The van der Waals surface area contributed by atoms with Crippen molar-refractivity contribution in [3.05, 3.63) is 96.1 Å². The molecule has 0 saturated carbocycles. The molecular weight excluding hydrogens is 410 g/mol. The minimum absolute atomic E-state index is 0.00414. The molecule has 0 saturated heterocycles. The van der Waals surface area contributed by atoms with Gasteiger partial charge in [-0.1, -0.05) is 48.5 Å². The number of carbonyl (C=O) groups is 1. The number of rotatable bonds is 9. The summed E-state index contributed by atoms with van der Waals surface area (Å²) in [5.74, 6) is 1.58. The minimum atomic E-state index is -0.00414. The summed E-state index contributed by atoms with van der Waals surface area (Å²) in [6.45, 7) is 4.02. The van der Waals surface area contributed by atoms with E-state index in [4.69, 9.17) is 9.47 Å². The molecule has 4 heteroatoms. The van der Waals surface area contributed by atoms with Crippen LogP contribution in [-0.2, 0) is 0 Å². The number of likely N-dealkylation sites (N-methyl/N-ethyl adjacent to an activating group) is 1. The molecule has 0 unspecified atom stereocenters. The number of ketones is 1. The van der Waals surface area contributed by atoms with Crippen LogP contribution in [0.2, 0.25) is 0 Å². The summed E-state index contributed by atoms with van der Waals surface area (Å²) in [5.41, 5.74) is 3.24. The first-order valence-electron chi connectivity index (χ1n) is 11.2. The molecule has 33 heavy (non-hydrogen) atoms. The molecule has 0 aromatic heterocycles. The van der Waals surface area contributed by atoms with Crippen molar-refractivity contribution in [2.24, 2.45) is 0 Å². The Morgan fingerprint density at radius 3 is 2.15 bits per heavy atom. The van der Waals surface area contributed by atoms with Crippen molar-refractivity contribution in [1.82, 2.24) is 4.90 Å². The van der Waals surface area contributed by atoms with Crippen molar-refractivity contribution in [3.8, 4) is 22.6 Å². The number of ether oxygens (including phenoxy) is 2. The predicted molar refractivity (Wildman–Crippen MR) is 134 cm³/mol. The zero-order valence-electron chi connectivity index (χ0n) is 19.4. The van der Waals surface area contributed by atoms with Crippen LogP contribution in [0.4, 0.5) is 0 Å². The van der Waals surface area contributed by atoms with Crippen LogP contribution in [-0.4, -0.2) is 44.5 Å². The Hall–Kier alpha value is -3.63. The lowest BCUT2D eigenvalue weighted by Gasteiger charge is -2.14. The molecule has 4 aromatic carbocycles. The molecule has 0 aliphatic carbocycles. The van der Waals surface area contributed by atoms with E-state index in [1.54, 1.807) is 0 Å². The quantitative estimate of drug-likeness (QED) is 0.296. The number of hydrogen-bond donors (Lipinski definition) is 0. The number of benzene rings is 4. The van der Waals surface area contributed by atoms with Gasteiger partial charge in [0, 0.05) is 17.7 Å². The van der Waals surface area contributed by atoms with E-state index in [1.807, 2.05) is 99.9 Å².